The fraction of sp³-hybridized carbons (Fsp3) is 0.778. The van der Waals surface area contributed by atoms with Crippen molar-refractivity contribution in [3.05, 3.63) is 0 Å². The van der Waals surface area contributed by atoms with Crippen molar-refractivity contribution in [2.24, 2.45) is 16.1 Å². The number of rotatable bonds is 2. The first-order chi connectivity index (χ1) is 6.76. The fourth-order valence-electron chi connectivity index (χ4n) is 2.04. The molecule has 0 unspecified atom stereocenters. The number of aliphatic imine (C=N–C) groups is 1. The first-order valence-electron chi connectivity index (χ1n) is 4.92. The molecule has 0 aliphatic carbocycles. The van der Waals surface area contributed by atoms with Gasteiger partial charge in [-0.3, -0.25) is 9.79 Å². The average Bonchev–Trinajstić information content (AvgIpc) is 2.72. The van der Waals surface area contributed by atoms with Gasteiger partial charge < -0.3 is 15.8 Å². The number of hydrogen-bond acceptors (Lipinski definition) is 4. The Bertz CT molecular complexity index is 269. The summed E-state index contributed by atoms with van der Waals surface area (Å²) in [4.78, 5) is 15.8. The highest BCUT2D eigenvalue weighted by Gasteiger charge is 2.44. The van der Waals surface area contributed by atoms with Crippen molar-refractivity contribution >= 4 is 11.7 Å². The molecule has 0 aromatic carbocycles. The van der Waals surface area contributed by atoms with Crippen LogP contribution in [0.1, 0.15) is 12.8 Å². The highest BCUT2D eigenvalue weighted by Crippen LogP contribution is 2.31. The van der Waals surface area contributed by atoms with Crippen molar-refractivity contribution in [2.75, 3.05) is 26.3 Å². The van der Waals surface area contributed by atoms with Crippen LogP contribution >= 0.6 is 0 Å². The molecule has 0 saturated carbocycles. The number of amides is 1. The molecule has 1 saturated heterocycles. The molecule has 1 amide bonds. The lowest BCUT2D eigenvalue weighted by atomic mass is 9.78. The van der Waals surface area contributed by atoms with Crippen LogP contribution in [0.4, 0.5) is 0 Å². The number of nitrogens with two attached hydrogens (primary N) is 1. The molecular weight excluding hydrogens is 182 g/mol. The lowest BCUT2D eigenvalue weighted by Gasteiger charge is -2.34. The van der Waals surface area contributed by atoms with Crippen molar-refractivity contribution in [2.45, 2.75) is 12.8 Å². The summed E-state index contributed by atoms with van der Waals surface area (Å²) in [6, 6.07) is 0. The Hall–Kier alpha value is -1.10. The van der Waals surface area contributed by atoms with Crippen molar-refractivity contribution in [1.29, 1.82) is 0 Å². The zero-order valence-corrected chi connectivity index (χ0v) is 8.08. The van der Waals surface area contributed by atoms with E-state index in [2.05, 4.69) is 10.3 Å². The SMILES string of the molecule is NC(=O)C1(C2=NCCN2)CCOCC1. The van der Waals surface area contributed by atoms with E-state index in [4.69, 9.17) is 10.5 Å². The molecule has 2 heterocycles. The number of nitrogens with zero attached hydrogens (tertiary/aromatic N) is 1. The van der Waals surface area contributed by atoms with Gasteiger partial charge in [0.2, 0.25) is 5.91 Å². The molecule has 3 N–H and O–H groups in total. The summed E-state index contributed by atoms with van der Waals surface area (Å²) in [6.45, 7) is 2.73. The van der Waals surface area contributed by atoms with Gasteiger partial charge in [-0.25, -0.2) is 0 Å². The van der Waals surface area contributed by atoms with Crippen molar-refractivity contribution in [3.63, 3.8) is 0 Å². The molecule has 0 aromatic rings. The Kier molecular flexibility index (Phi) is 2.41. The average molecular weight is 197 g/mol. The molecule has 2 rings (SSSR count). The fourth-order valence-corrected chi connectivity index (χ4v) is 2.04. The van der Waals surface area contributed by atoms with E-state index in [1.165, 1.54) is 0 Å². The second kappa shape index (κ2) is 3.57. The first kappa shape index (κ1) is 9.45. The molecular formula is C9H15N3O2. The van der Waals surface area contributed by atoms with Gasteiger partial charge >= 0.3 is 0 Å². The molecule has 5 nitrogen and oxygen atoms in total. The molecule has 78 valence electrons. The standard InChI is InChI=1S/C9H15N3O2/c10-7(13)9(1-5-14-6-2-9)8-11-3-4-12-8/h1-6H2,(H2,10,13)(H,11,12). The van der Waals surface area contributed by atoms with E-state index < -0.39 is 5.41 Å². The van der Waals surface area contributed by atoms with Gasteiger partial charge in [0.05, 0.1) is 6.54 Å². The summed E-state index contributed by atoms with van der Waals surface area (Å²) in [6.07, 6.45) is 1.29. The Labute approximate surface area is 82.7 Å². The van der Waals surface area contributed by atoms with Crippen LogP contribution in [0.25, 0.3) is 0 Å². The Balaban J connectivity index is 2.24. The lowest BCUT2D eigenvalue weighted by molar-refractivity contribution is -0.128. The normalized spacial score (nSPS) is 25.3. The molecule has 2 aliphatic rings. The zero-order valence-electron chi connectivity index (χ0n) is 8.08. The molecule has 5 heteroatoms. The highest BCUT2D eigenvalue weighted by atomic mass is 16.5. The molecule has 0 spiro atoms. The van der Waals surface area contributed by atoms with Crippen LogP contribution in [0.3, 0.4) is 0 Å². The Morgan fingerprint density at radius 3 is 2.71 bits per heavy atom. The van der Waals surface area contributed by atoms with Crippen LogP contribution in [-0.2, 0) is 9.53 Å². The van der Waals surface area contributed by atoms with Gasteiger partial charge in [-0.2, -0.15) is 0 Å². The summed E-state index contributed by atoms with van der Waals surface area (Å²) in [5, 5.41) is 3.14. The minimum atomic E-state index is -0.589. The predicted molar refractivity (Wildman–Crippen MR) is 52.0 cm³/mol. The smallest absolute Gasteiger partial charge is 0.231 e. The third-order valence-corrected chi connectivity index (χ3v) is 2.95. The Morgan fingerprint density at radius 1 is 1.50 bits per heavy atom. The molecule has 0 radical (unpaired) electrons. The summed E-state index contributed by atoms with van der Waals surface area (Å²) in [7, 11) is 0. The number of carbonyl (C=O) groups excluding carboxylic acids is 1. The number of primary amides is 1. The number of carbonyl (C=O) groups is 1. The van der Waals surface area contributed by atoms with E-state index in [0.29, 0.717) is 26.1 Å². The largest absolute Gasteiger partial charge is 0.381 e. The molecule has 1 fully saturated rings. The van der Waals surface area contributed by atoms with E-state index in [1.807, 2.05) is 0 Å². The van der Waals surface area contributed by atoms with Gasteiger partial charge in [0.15, 0.2) is 0 Å². The summed E-state index contributed by atoms with van der Waals surface area (Å²) >= 11 is 0. The molecule has 2 aliphatic heterocycles. The van der Waals surface area contributed by atoms with Gasteiger partial charge in [0.1, 0.15) is 11.3 Å². The maximum Gasteiger partial charge on any atom is 0.231 e. The van der Waals surface area contributed by atoms with Crippen LogP contribution in [0, 0.1) is 5.41 Å². The van der Waals surface area contributed by atoms with E-state index in [1.54, 1.807) is 0 Å². The monoisotopic (exact) mass is 197 g/mol. The second-order valence-corrected chi connectivity index (χ2v) is 3.72. The quantitative estimate of drug-likeness (QED) is 0.612. The minimum absolute atomic E-state index is 0.283. The molecule has 0 bridgehead atoms. The Morgan fingerprint density at radius 2 is 2.21 bits per heavy atom. The van der Waals surface area contributed by atoms with Gasteiger partial charge in [-0.05, 0) is 12.8 Å². The van der Waals surface area contributed by atoms with Crippen LogP contribution in [-0.4, -0.2) is 38.0 Å². The van der Waals surface area contributed by atoms with Crippen molar-refractivity contribution in [3.8, 4) is 0 Å². The predicted octanol–water partition coefficient (Wildman–Crippen LogP) is -0.730. The van der Waals surface area contributed by atoms with E-state index in [-0.39, 0.29) is 5.91 Å². The first-order valence-corrected chi connectivity index (χ1v) is 4.92. The number of nitrogens with one attached hydrogen (secondary N) is 1. The third kappa shape index (κ3) is 1.37. The van der Waals surface area contributed by atoms with Crippen LogP contribution in [0.5, 0.6) is 0 Å². The van der Waals surface area contributed by atoms with Crippen LogP contribution < -0.4 is 11.1 Å². The van der Waals surface area contributed by atoms with Gasteiger partial charge in [-0.1, -0.05) is 0 Å². The zero-order chi connectivity index (χ0) is 10.0. The molecule has 0 atom stereocenters. The number of ether oxygens (including phenoxy) is 1. The maximum absolute atomic E-state index is 11.5. The van der Waals surface area contributed by atoms with Gasteiger partial charge in [0.25, 0.3) is 0 Å². The van der Waals surface area contributed by atoms with Gasteiger partial charge in [0, 0.05) is 19.8 Å². The maximum atomic E-state index is 11.5. The summed E-state index contributed by atoms with van der Waals surface area (Å²) < 4.78 is 5.24. The van der Waals surface area contributed by atoms with E-state index in [9.17, 15) is 4.79 Å². The summed E-state index contributed by atoms with van der Waals surface area (Å²) in [5.41, 5.74) is 4.88. The van der Waals surface area contributed by atoms with Crippen molar-refractivity contribution in [1.82, 2.24) is 5.32 Å². The van der Waals surface area contributed by atoms with Crippen LogP contribution in [0.15, 0.2) is 4.99 Å². The third-order valence-electron chi connectivity index (χ3n) is 2.95. The van der Waals surface area contributed by atoms with Gasteiger partial charge in [-0.15, -0.1) is 0 Å². The summed E-state index contributed by atoms with van der Waals surface area (Å²) in [5.74, 6) is 0.488. The number of hydrogen-bond donors (Lipinski definition) is 2. The second-order valence-electron chi connectivity index (χ2n) is 3.72. The molecule has 0 aromatic heterocycles. The van der Waals surface area contributed by atoms with Crippen molar-refractivity contribution < 1.29 is 9.53 Å². The topological polar surface area (TPSA) is 76.7 Å². The van der Waals surface area contributed by atoms with E-state index in [0.717, 1.165) is 18.9 Å². The lowest BCUT2D eigenvalue weighted by Crippen LogP contribution is -2.51. The minimum Gasteiger partial charge on any atom is -0.381 e. The van der Waals surface area contributed by atoms with Crippen LogP contribution in [0.2, 0.25) is 0 Å². The van der Waals surface area contributed by atoms with E-state index >= 15 is 0 Å². The molecule has 14 heavy (non-hydrogen) atoms. The highest BCUT2D eigenvalue weighted by molar-refractivity contribution is 6.07. The number of amidine groups is 1.